The molecule has 0 aliphatic carbocycles. The molecule has 0 aliphatic rings. The summed E-state index contributed by atoms with van der Waals surface area (Å²) in [5, 5.41) is 13.7. The SMILES string of the molecule is O=C(Nc1ccc(C(=O)O)cc1)N[C@@H](c1ccc(OC(F)(F)F)c(F)c1)c1ncccc1F. The Labute approximate surface area is 182 Å². The first-order valence-corrected chi connectivity index (χ1v) is 9.10. The molecule has 3 aromatic rings. The van der Waals surface area contributed by atoms with Crippen LogP contribution >= 0.6 is 0 Å². The summed E-state index contributed by atoms with van der Waals surface area (Å²) >= 11 is 0. The number of hydrogen-bond acceptors (Lipinski definition) is 4. The van der Waals surface area contributed by atoms with E-state index >= 15 is 0 Å². The Hall–Kier alpha value is -4.22. The average molecular weight is 467 g/mol. The van der Waals surface area contributed by atoms with Gasteiger partial charge in [-0.25, -0.2) is 18.4 Å². The predicted molar refractivity (Wildman–Crippen MR) is 105 cm³/mol. The number of rotatable bonds is 6. The van der Waals surface area contributed by atoms with Gasteiger partial charge in [0.25, 0.3) is 0 Å². The van der Waals surface area contributed by atoms with Crippen molar-refractivity contribution >= 4 is 17.7 Å². The lowest BCUT2D eigenvalue weighted by atomic mass is 10.0. The number of carboxylic acid groups (broad SMARTS) is 1. The van der Waals surface area contributed by atoms with Gasteiger partial charge in [-0.2, -0.15) is 0 Å². The van der Waals surface area contributed by atoms with Crippen molar-refractivity contribution in [3.05, 3.63) is 89.2 Å². The van der Waals surface area contributed by atoms with Crippen molar-refractivity contribution in [3.63, 3.8) is 0 Å². The number of alkyl halides is 3. The van der Waals surface area contributed by atoms with E-state index in [4.69, 9.17) is 5.11 Å². The Kier molecular flexibility index (Phi) is 6.75. The fraction of sp³-hybridized carbons (Fsp3) is 0.0952. The summed E-state index contributed by atoms with van der Waals surface area (Å²) in [5.74, 6) is -4.52. The number of carbonyl (C=O) groups excluding carboxylic acids is 1. The highest BCUT2D eigenvalue weighted by Crippen LogP contribution is 2.30. The van der Waals surface area contributed by atoms with Gasteiger partial charge in [0.15, 0.2) is 11.6 Å². The van der Waals surface area contributed by atoms with E-state index in [0.717, 1.165) is 12.1 Å². The number of carboxylic acids is 1. The molecule has 3 rings (SSSR count). The van der Waals surface area contributed by atoms with Crippen LogP contribution in [0.2, 0.25) is 0 Å². The standard InChI is InChI=1S/C21H14F5N3O4/c22-14-2-1-9-27-18(14)17(12-5-8-16(15(23)10-12)33-21(24,25)26)29-20(32)28-13-6-3-11(4-7-13)19(30)31/h1-10,17H,(H,30,31)(H2,28,29,32)/t17-/m0/s1. The fourth-order valence-electron chi connectivity index (χ4n) is 2.82. The zero-order valence-electron chi connectivity index (χ0n) is 16.4. The average Bonchev–Trinajstić information content (AvgIpc) is 2.73. The van der Waals surface area contributed by atoms with E-state index in [-0.39, 0.29) is 22.5 Å². The van der Waals surface area contributed by atoms with Crippen LogP contribution in [0.4, 0.5) is 32.4 Å². The number of benzene rings is 2. The summed E-state index contributed by atoms with van der Waals surface area (Å²) in [6, 6.07) is 7.49. The lowest BCUT2D eigenvalue weighted by molar-refractivity contribution is -0.275. The molecule has 0 fully saturated rings. The van der Waals surface area contributed by atoms with Gasteiger partial charge in [-0.1, -0.05) is 6.07 Å². The maximum absolute atomic E-state index is 14.4. The summed E-state index contributed by atoms with van der Waals surface area (Å²) in [6.07, 6.45) is -3.91. The van der Waals surface area contributed by atoms with Crippen LogP contribution in [0, 0.1) is 11.6 Å². The molecule has 33 heavy (non-hydrogen) atoms. The van der Waals surface area contributed by atoms with Gasteiger partial charge in [-0.05, 0) is 54.1 Å². The van der Waals surface area contributed by atoms with Crippen LogP contribution in [-0.4, -0.2) is 28.5 Å². The normalized spacial score (nSPS) is 12.0. The van der Waals surface area contributed by atoms with Crippen molar-refractivity contribution < 1.29 is 41.4 Å². The maximum Gasteiger partial charge on any atom is 0.573 e. The third kappa shape index (κ3) is 6.15. The Morgan fingerprint density at radius 1 is 1.00 bits per heavy atom. The van der Waals surface area contributed by atoms with E-state index in [1.165, 1.54) is 36.5 Å². The monoisotopic (exact) mass is 467 g/mol. The second-order valence-corrected chi connectivity index (χ2v) is 6.52. The van der Waals surface area contributed by atoms with Gasteiger partial charge in [0.1, 0.15) is 17.6 Å². The summed E-state index contributed by atoms with van der Waals surface area (Å²) in [5.41, 5.74) is -0.266. The fourth-order valence-corrected chi connectivity index (χ4v) is 2.82. The van der Waals surface area contributed by atoms with Crippen molar-refractivity contribution in [2.75, 3.05) is 5.32 Å². The molecular formula is C21H14F5N3O4. The highest BCUT2D eigenvalue weighted by molar-refractivity contribution is 5.91. The number of pyridine rings is 1. The van der Waals surface area contributed by atoms with Gasteiger partial charge in [0.05, 0.1) is 5.56 Å². The molecule has 0 bridgehead atoms. The van der Waals surface area contributed by atoms with Crippen molar-refractivity contribution in [1.82, 2.24) is 10.3 Å². The number of aromatic nitrogens is 1. The molecule has 0 aliphatic heterocycles. The van der Waals surface area contributed by atoms with Gasteiger partial charge in [0, 0.05) is 11.9 Å². The number of hydrogen-bond donors (Lipinski definition) is 3. The highest BCUT2D eigenvalue weighted by atomic mass is 19.4. The summed E-state index contributed by atoms with van der Waals surface area (Å²) < 4.78 is 69.4. The molecule has 2 amide bonds. The minimum Gasteiger partial charge on any atom is -0.478 e. The Morgan fingerprint density at radius 3 is 2.27 bits per heavy atom. The summed E-state index contributed by atoms with van der Waals surface area (Å²) in [7, 11) is 0. The predicted octanol–water partition coefficient (Wildman–Crippen LogP) is 4.87. The number of halogens is 5. The Balaban J connectivity index is 1.88. The quantitative estimate of drug-likeness (QED) is 0.450. The Bertz CT molecular complexity index is 1170. The van der Waals surface area contributed by atoms with E-state index in [2.05, 4.69) is 20.4 Å². The number of aromatic carboxylic acids is 1. The number of nitrogens with one attached hydrogen (secondary N) is 2. The van der Waals surface area contributed by atoms with Gasteiger partial charge >= 0.3 is 18.4 Å². The maximum atomic E-state index is 14.4. The van der Waals surface area contributed by atoms with E-state index < -0.39 is 41.8 Å². The van der Waals surface area contributed by atoms with E-state index in [9.17, 15) is 31.5 Å². The smallest absolute Gasteiger partial charge is 0.478 e. The van der Waals surface area contributed by atoms with Crippen LogP contribution in [0.1, 0.15) is 27.7 Å². The lowest BCUT2D eigenvalue weighted by Crippen LogP contribution is -2.34. The molecule has 1 aromatic heterocycles. The van der Waals surface area contributed by atoms with Gasteiger partial charge < -0.3 is 20.5 Å². The molecule has 0 saturated carbocycles. The third-order valence-electron chi connectivity index (χ3n) is 4.24. The first kappa shape index (κ1) is 23.4. The largest absolute Gasteiger partial charge is 0.573 e. The molecule has 172 valence electrons. The van der Waals surface area contributed by atoms with E-state index in [1.54, 1.807) is 0 Å². The number of ether oxygens (including phenoxy) is 1. The van der Waals surface area contributed by atoms with Crippen molar-refractivity contribution in [2.45, 2.75) is 12.4 Å². The second-order valence-electron chi connectivity index (χ2n) is 6.52. The minimum absolute atomic E-state index is 0.0222. The molecule has 3 N–H and O–H groups in total. The van der Waals surface area contributed by atoms with Gasteiger partial charge in [0.2, 0.25) is 0 Å². The molecule has 0 radical (unpaired) electrons. The molecule has 1 heterocycles. The number of anilines is 1. The molecular weight excluding hydrogens is 453 g/mol. The molecule has 0 unspecified atom stereocenters. The Morgan fingerprint density at radius 2 is 1.70 bits per heavy atom. The van der Waals surface area contributed by atoms with Gasteiger partial charge in [-0.15, -0.1) is 13.2 Å². The van der Waals surface area contributed by atoms with Crippen LogP contribution in [0.15, 0.2) is 60.8 Å². The first-order valence-electron chi connectivity index (χ1n) is 9.10. The van der Waals surface area contributed by atoms with Crippen molar-refractivity contribution in [3.8, 4) is 5.75 Å². The van der Waals surface area contributed by atoms with Gasteiger partial charge in [-0.3, -0.25) is 4.98 Å². The second kappa shape index (κ2) is 9.51. The molecule has 12 heteroatoms. The van der Waals surface area contributed by atoms with Crippen LogP contribution in [0.5, 0.6) is 5.75 Å². The topological polar surface area (TPSA) is 101 Å². The molecule has 7 nitrogen and oxygen atoms in total. The summed E-state index contributed by atoms with van der Waals surface area (Å²) in [4.78, 5) is 27.2. The van der Waals surface area contributed by atoms with Crippen LogP contribution in [-0.2, 0) is 0 Å². The zero-order chi connectivity index (χ0) is 24.2. The minimum atomic E-state index is -5.12. The van der Waals surface area contributed by atoms with E-state index in [1.807, 2.05) is 0 Å². The van der Waals surface area contributed by atoms with E-state index in [0.29, 0.717) is 12.1 Å². The zero-order valence-corrected chi connectivity index (χ0v) is 16.4. The highest BCUT2D eigenvalue weighted by Gasteiger charge is 2.33. The molecule has 1 atom stereocenters. The van der Waals surface area contributed by atoms with Crippen molar-refractivity contribution in [1.29, 1.82) is 0 Å². The lowest BCUT2D eigenvalue weighted by Gasteiger charge is -2.20. The third-order valence-corrected chi connectivity index (χ3v) is 4.24. The first-order chi connectivity index (χ1) is 15.5. The van der Waals surface area contributed by atoms with Crippen LogP contribution in [0.25, 0.3) is 0 Å². The number of nitrogens with zero attached hydrogens (tertiary/aromatic N) is 1. The van der Waals surface area contributed by atoms with Crippen LogP contribution < -0.4 is 15.4 Å². The summed E-state index contributed by atoms with van der Waals surface area (Å²) in [6.45, 7) is 0. The van der Waals surface area contributed by atoms with Crippen LogP contribution in [0.3, 0.4) is 0 Å². The molecule has 2 aromatic carbocycles. The van der Waals surface area contributed by atoms with Crippen molar-refractivity contribution in [2.24, 2.45) is 0 Å². The molecule has 0 saturated heterocycles. The number of amides is 2. The number of carbonyl (C=O) groups is 2. The number of urea groups is 1. The molecule has 0 spiro atoms.